The van der Waals surface area contributed by atoms with Gasteiger partial charge in [0.05, 0.1) is 4.92 Å². The molecule has 1 aromatic rings. The average molecular weight is 600 g/mol. The van der Waals surface area contributed by atoms with Gasteiger partial charge in [0.1, 0.15) is 5.60 Å². The molecule has 0 heterocycles. The van der Waals surface area contributed by atoms with Crippen LogP contribution in [0.1, 0.15) is 75.2 Å². The Morgan fingerprint density at radius 1 is 1.12 bits per heavy atom. The molecule has 1 N–H and O–H groups in total. The molecule has 0 aliphatic heterocycles. The molecule has 0 radical (unpaired) electrons. The molecule has 0 spiro atoms. The van der Waals surface area contributed by atoms with Gasteiger partial charge in [-0.3, -0.25) is 10.1 Å². The maximum Gasteiger partial charge on any atom is 0.407 e. The van der Waals surface area contributed by atoms with Crippen molar-refractivity contribution in [3.63, 3.8) is 0 Å². The molecule has 12 heteroatoms. The maximum absolute atomic E-state index is 13.6. The molecular weight excluding hydrogens is 550 g/mol. The summed E-state index contributed by atoms with van der Waals surface area (Å²) in [7, 11) is -6.38. The summed E-state index contributed by atoms with van der Waals surface area (Å²) in [6, 6.07) is 4.58. The Labute approximate surface area is 241 Å². The first-order valence-corrected chi connectivity index (χ1v) is 17.5. The van der Waals surface area contributed by atoms with Crippen molar-refractivity contribution >= 4 is 30.1 Å². The van der Waals surface area contributed by atoms with Gasteiger partial charge in [0.15, 0.2) is 13.2 Å². The molecule has 0 fully saturated rings. The van der Waals surface area contributed by atoms with Crippen LogP contribution in [0.15, 0.2) is 41.8 Å². The van der Waals surface area contributed by atoms with Crippen molar-refractivity contribution in [2.75, 3.05) is 19.7 Å². The van der Waals surface area contributed by atoms with E-state index >= 15 is 0 Å². The molecule has 1 amide bonds. The van der Waals surface area contributed by atoms with Crippen LogP contribution in [0.25, 0.3) is 0 Å². The zero-order chi connectivity index (χ0) is 30.9. The van der Waals surface area contributed by atoms with Gasteiger partial charge in [-0.2, -0.15) is 4.31 Å². The Morgan fingerprint density at radius 3 is 2.15 bits per heavy atom. The minimum atomic E-state index is -4.29. The predicted molar refractivity (Wildman–Crippen MR) is 161 cm³/mol. The number of amides is 1. The summed E-state index contributed by atoms with van der Waals surface area (Å²) < 4.78 is 40.4. The number of nitro benzene ring substituents is 1. The van der Waals surface area contributed by atoms with Gasteiger partial charge in [0.2, 0.25) is 10.0 Å². The quantitative estimate of drug-likeness (QED) is 0.0742. The molecule has 0 saturated carbocycles. The molecule has 0 unspecified atom stereocenters. The highest BCUT2D eigenvalue weighted by molar-refractivity contribution is 7.89. The highest BCUT2D eigenvalue weighted by Gasteiger charge is 2.45. The maximum atomic E-state index is 13.6. The molecule has 0 bridgehead atoms. The van der Waals surface area contributed by atoms with Gasteiger partial charge in [-0.05, 0) is 56.3 Å². The third-order valence-corrected chi connectivity index (χ3v) is 14.9. The number of nitro groups is 1. The lowest BCUT2D eigenvalue weighted by Gasteiger charge is -2.42. The van der Waals surface area contributed by atoms with Gasteiger partial charge < -0.3 is 14.5 Å². The number of hydrogen-bond acceptors (Lipinski definition) is 7. The van der Waals surface area contributed by atoms with Crippen molar-refractivity contribution in [2.24, 2.45) is 0 Å². The van der Waals surface area contributed by atoms with E-state index in [1.54, 1.807) is 20.8 Å². The van der Waals surface area contributed by atoms with Crippen LogP contribution < -0.4 is 5.32 Å². The van der Waals surface area contributed by atoms with Crippen LogP contribution in [0.3, 0.4) is 0 Å². The monoisotopic (exact) mass is 599 g/mol. The number of rotatable bonds is 16. The van der Waals surface area contributed by atoms with E-state index in [1.165, 1.54) is 24.3 Å². The van der Waals surface area contributed by atoms with E-state index in [2.05, 4.69) is 53.4 Å². The third-order valence-electron chi connectivity index (χ3n) is 6.91. The number of nitrogens with zero attached hydrogens (tertiary/aromatic N) is 2. The van der Waals surface area contributed by atoms with Crippen molar-refractivity contribution in [3.05, 3.63) is 47.0 Å². The normalized spacial score (nSPS) is 13.6. The van der Waals surface area contributed by atoms with Crippen LogP contribution >= 0.6 is 0 Å². The average Bonchev–Trinajstić information content (AvgIpc) is 2.81. The summed E-state index contributed by atoms with van der Waals surface area (Å²) in [4.78, 5) is 23.1. The fraction of sp³-hybridized carbons (Fsp3) is 0.679. The van der Waals surface area contributed by atoms with Crippen molar-refractivity contribution in [3.8, 4) is 0 Å². The summed E-state index contributed by atoms with van der Waals surface area (Å²) in [6.45, 7) is 22.4. The minimum Gasteiger partial charge on any atom is -0.444 e. The second-order valence-electron chi connectivity index (χ2n) is 12.0. The highest BCUT2D eigenvalue weighted by atomic mass is 32.2. The number of carbonyl (C=O) groups is 1. The fourth-order valence-corrected chi connectivity index (χ4v) is 12.5. The number of nitrogens with one attached hydrogen (secondary N) is 1. The van der Waals surface area contributed by atoms with Gasteiger partial charge in [0, 0.05) is 31.8 Å². The van der Waals surface area contributed by atoms with Crippen LogP contribution in [-0.4, -0.2) is 63.4 Å². The van der Waals surface area contributed by atoms with Gasteiger partial charge in [0.25, 0.3) is 5.69 Å². The third kappa shape index (κ3) is 9.67. The number of benzene rings is 1. The summed E-state index contributed by atoms with van der Waals surface area (Å²) in [5.74, 6) is 0. The summed E-state index contributed by atoms with van der Waals surface area (Å²) >= 11 is 0. The van der Waals surface area contributed by atoms with E-state index in [0.717, 1.165) is 10.4 Å². The largest absolute Gasteiger partial charge is 0.444 e. The van der Waals surface area contributed by atoms with Crippen LogP contribution in [0, 0.1) is 10.1 Å². The Kier molecular flexibility index (Phi) is 13.5. The van der Waals surface area contributed by atoms with Crippen molar-refractivity contribution in [2.45, 2.75) is 108 Å². The predicted octanol–water partition coefficient (Wildman–Crippen LogP) is 6.64. The van der Waals surface area contributed by atoms with E-state index in [1.807, 2.05) is 0 Å². The number of hydrogen-bond donors (Lipinski definition) is 1. The van der Waals surface area contributed by atoms with Crippen LogP contribution in [0.5, 0.6) is 0 Å². The van der Waals surface area contributed by atoms with Crippen molar-refractivity contribution < 1.29 is 27.3 Å². The van der Waals surface area contributed by atoms with E-state index in [9.17, 15) is 23.3 Å². The molecule has 0 saturated heterocycles. The summed E-state index contributed by atoms with van der Waals surface area (Å²) in [6.07, 6.45) is 1.73. The SMILES string of the molecule is C=CCN(C[C@H](CCCO[Si](C(C)C)(C(C)C)C(C)C)NC(=O)OC(C)(C)C)S(=O)(=O)c1ccccc1[N+](=O)[O-]. The van der Waals surface area contributed by atoms with Gasteiger partial charge in [-0.15, -0.1) is 6.58 Å². The number of ether oxygens (including phenoxy) is 1. The second-order valence-corrected chi connectivity index (χ2v) is 19.4. The number of para-hydroxylation sites is 1. The Bertz CT molecular complexity index is 1080. The molecule has 1 aromatic carbocycles. The van der Waals surface area contributed by atoms with Gasteiger partial charge >= 0.3 is 6.09 Å². The Hall–Kier alpha value is -2.28. The van der Waals surface area contributed by atoms with Crippen molar-refractivity contribution in [1.82, 2.24) is 9.62 Å². The molecule has 0 aliphatic rings. The lowest BCUT2D eigenvalue weighted by molar-refractivity contribution is -0.387. The molecule has 40 heavy (non-hydrogen) atoms. The molecule has 1 atom stereocenters. The zero-order valence-electron chi connectivity index (χ0n) is 25.6. The highest BCUT2D eigenvalue weighted by Crippen LogP contribution is 2.42. The first-order chi connectivity index (χ1) is 18.4. The van der Waals surface area contributed by atoms with Crippen LogP contribution in [0.2, 0.25) is 16.6 Å². The number of alkyl carbamates (subject to hydrolysis) is 1. The fourth-order valence-electron chi connectivity index (χ4n) is 5.39. The first-order valence-electron chi connectivity index (χ1n) is 13.9. The van der Waals surface area contributed by atoms with Crippen LogP contribution in [0.4, 0.5) is 10.5 Å². The first kappa shape index (κ1) is 35.7. The minimum absolute atomic E-state index is 0.0958. The molecule has 0 aliphatic carbocycles. The molecule has 0 aromatic heterocycles. The Morgan fingerprint density at radius 2 is 1.68 bits per heavy atom. The lowest BCUT2D eigenvalue weighted by atomic mass is 10.1. The second kappa shape index (κ2) is 15.1. The molecule has 1 rings (SSSR count). The lowest BCUT2D eigenvalue weighted by Crippen LogP contribution is -2.49. The molecule has 10 nitrogen and oxygen atoms in total. The van der Waals surface area contributed by atoms with E-state index in [0.29, 0.717) is 36.1 Å². The summed E-state index contributed by atoms with van der Waals surface area (Å²) in [5, 5.41) is 14.4. The van der Waals surface area contributed by atoms with Gasteiger partial charge in [-0.25, -0.2) is 13.2 Å². The summed E-state index contributed by atoms with van der Waals surface area (Å²) in [5.41, 5.74) is -0.0140. The number of carbonyl (C=O) groups excluding carboxylic acids is 1. The smallest absolute Gasteiger partial charge is 0.407 e. The van der Waals surface area contributed by atoms with Crippen molar-refractivity contribution in [1.29, 1.82) is 0 Å². The molecule has 228 valence electrons. The molecular formula is C28H49N3O7SSi. The van der Waals surface area contributed by atoms with E-state index < -0.39 is 51.6 Å². The van der Waals surface area contributed by atoms with E-state index in [4.69, 9.17) is 9.16 Å². The van der Waals surface area contributed by atoms with E-state index in [-0.39, 0.29) is 13.1 Å². The zero-order valence-corrected chi connectivity index (χ0v) is 27.4. The van der Waals surface area contributed by atoms with Gasteiger partial charge in [-0.1, -0.05) is 59.8 Å². The standard InChI is InChI=1S/C28H49N3O7SSi/c1-11-18-30(39(35,36)26-17-13-12-16-25(26)31(33)34)20-24(29-27(32)38-28(8,9)10)15-14-19-37-40(21(2)3,22(4)5)23(6)7/h11-13,16-17,21-24H,1,14-15,18-20H2,2-10H3,(H,29,32)/t24-/m0/s1. The Balaban J connectivity index is 3.26. The number of sulfonamides is 1. The van der Waals surface area contributed by atoms with Crippen LogP contribution in [-0.2, 0) is 19.2 Å². The topological polar surface area (TPSA) is 128 Å².